The van der Waals surface area contributed by atoms with Crippen LogP contribution in [0.15, 0.2) is 52.8 Å². The predicted octanol–water partition coefficient (Wildman–Crippen LogP) is 5.37. The van der Waals surface area contributed by atoms with Gasteiger partial charge in [0.25, 0.3) is 11.8 Å². The number of rotatable bonds is 6. The first kappa shape index (κ1) is 27.1. The van der Waals surface area contributed by atoms with Crippen LogP contribution in [0.5, 0.6) is 0 Å². The first-order chi connectivity index (χ1) is 17.8. The van der Waals surface area contributed by atoms with E-state index in [1.165, 1.54) is 17.4 Å². The van der Waals surface area contributed by atoms with E-state index in [1.807, 2.05) is 41.1 Å². The third-order valence-corrected chi connectivity index (χ3v) is 7.82. The van der Waals surface area contributed by atoms with Gasteiger partial charge in [-0.25, -0.2) is 0 Å². The average molecular weight is 561 g/mol. The van der Waals surface area contributed by atoms with Gasteiger partial charge in [-0.2, -0.15) is 4.99 Å². The van der Waals surface area contributed by atoms with Gasteiger partial charge in [-0.1, -0.05) is 35.3 Å². The Labute approximate surface area is 229 Å². The molecule has 0 aliphatic carbocycles. The van der Waals surface area contributed by atoms with E-state index < -0.39 is 5.91 Å². The van der Waals surface area contributed by atoms with Crippen molar-refractivity contribution < 1.29 is 19.1 Å². The molecule has 0 unspecified atom stereocenters. The van der Waals surface area contributed by atoms with Crippen LogP contribution in [0.3, 0.4) is 0 Å². The molecule has 1 saturated heterocycles. The predicted molar refractivity (Wildman–Crippen MR) is 144 cm³/mol. The van der Waals surface area contributed by atoms with Crippen LogP contribution in [0, 0.1) is 12.8 Å². The fraction of sp³-hybridized carbons (Fsp3) is 0.333. The second kappa shape index (κ2) is 12.1. The van der Waals surface area contributed by atoms with Crippen LogP contribution in [0.4, 0.5) is 0 Å². The zero-order chi connectivity index (χ0) is 26.5. The number of hydrogen-bond donors (Lipinski definition) is 0. The van der Waals surface area contributed by atoms with Crippen molar-refractivity contribution in [2.24, 2.45) is 10.9 Å². The summed E-state index contributed by atoms with van der Waals surface area (Å²) in [6, 6.07) is 12.1. The average Bonchev–Trinajstić information content (AvgIpc) is 3.22. The smallest absolute Gasteiger partial charge is 0.309 e. The fourth-order valence-corrected chi connectivity index (χ4v) is 5.57. The summed E-state index contributed by atoms with van der Waals surface area (Å²) in [4.78, 5) is 44.3. The van der Waals surface area contributed by atoms with Crippen LogP contribution in [-0.2, 0) is 16.1 Å². The lowest BCUT2D eigenvalue weighted by Gasteiger charge is -2.31. The van der Waals surface area contributed by atoms with Crippen LogP contribution in [0.1, 0.15) is 51.7 Å². The van der Waals surface area contributed by atoms with Crippen molar-refractivity contribution in [1.82, 2.24) is 9.47 Å². The van der Waals surface area contributed by atoms with Crippen molar-refractivity contribution in [3.63, 3.8) is 0 Å². The number of nitrogens with zero attached hydrogens (tertiary/aromatic N) is 3. The molecular weight excluding hydrogens is 533 g/mol. The van der Waals surface area contributed by atoms with Crippen molar-refractivity contribution >= 4 is 52.3 Å². The van der Waals surface area contributed by atoms with E-state index in [4.69, 9.17) is 27.9 Å². The molecule has 1 aliphatic rings. The van der Waals surface area contributed by atoms with E-state index >= 15 is 0 Å². The SMILES string of the molecule is CCOC(=O)C1CCN(C(=O)c2ccc(Cn3c(C)csc3=NC(=O)c3ccc(Cl)cc3Cl)cc2)CC1. The maximum absolute atomic E-state index is 13.0. The zero-order valence-corrected chi connectivity index (χ0v) is 22.9. The quantitative estimate of drug-likeness (QED) is 0.380. The lowest BCUT2D eigenvalue weighted by Crippen LogP contribution is -2.40. The van der Waals surface area contributed by atoms with Crippen LogP contribution in [0.2, 0.25) is 10.0 Å². The van der Waals surface area contributed by atoms with E-state index in [-0.39, 0.29) is 28.4 Å². The van der Waals surface area contributed by atoms with Gasteiger partial charge in [-0.3, -0.25) is 14.4 Å². The summed E-state index contributed by atoms with van der Waals surface area (Å²) in [6.45, 7) is 5.68. The van der Waals surface area contributed by atoms with Crippen molar-refractivity contribution in [3.8, 4) is 0 Å². The summed E-state index contributed by atoms with van der Waals surface area (Å²) in [5.74, 6) is -0.803. The number of carbonyl (C=O) groups excluding carboxylic acids is 3. The second-order valence-electron chi connectivity index (χ2n) is 8.80. The van der Waals surface area contributed by atoms with Gasteiger partial charge >= 0.3 is 5.97 Å². The first-order valence-electron chi connectivity index (χ1n) is 12.0. The second-order valence-corrected chi connectivity index (χ2v) is 10.5. The van der Waals surface area contributed by atoms with Crippen molar-refractivity contribution in [2.75, 3.05) is 19.7 Å². The van der Waals surface area contributed by atoms with Crippen LogP contribution >= 0.6 is 34.5 Å². The fourth-order valence-electron chi connectivity index (χ4n) is 4.20. The summed E-state index contributed by atoms with van der Waals surface area (Å²) in [7, 11) is 0. The van der Waals surface area contributed by atoms with Gasteiger partial charge in [-0.05, 0) is 62.6 Å². The Bertz CT molecular complexity index is 1370. The minimum atomic E-state index is -0.440. The molecule has 2 aromatic carbocycles. The molecular formula is C27H27Cl2N3O4S. The van der Waals surface area contributed by atoms with Crippen molar-refractivity contribution in [1.29, 1.82) is 0 Å². The Morgan fingerprint density at radius 1 is 1.08 bits per heavy atom. The maximum atomic E-state index is 13.0. The summed E-state index contributed by atoms with van der Waals surface area (Å²) in [6.07, 6.45) is 1.23. The highest BCUT2D eigenvalue weighted by Crippen LogP contribution is 2.22. The number of likely N-dealkylation sites (tertiary alicyclic amines) is 1. The van der Waals surface area contributed by atoms with Gasteiger partial charge in [0.2, 0.25) is 0 Å². The molecule has 194 valence electrons. The molecule has 1 aliphatic heterocycles. The minimum absolute atomic E-state index is 0.0469. The number of hydrogen-bond acceptors (Lipinski definition) is 5. The Hall–Kier alpha value is -2.94. The molecule has 0 atom stereocenters. The molecule has 0 N–H and O–H groups in total. The van der Waals surface area contributed by atoms with Crippen LogP contribution < -0.4 is 4.80 Å². The minimum Gasteiger partial charge on any atom is -0.466 e. The molecule has 2 heterocycles. The molecule has 0 spiro atoms. The number of piperidine rings is 1. The highest BCUT2D eigenvalue weighted by molar-refractivity contribution is 7.07. The van der Waals surface area contributed by atoms with E-state index in [2.05, 4.69) is 4.99 Å². The number of benzene rings is 2. The van der Waals surface area contributed by atoms with Crippen molar-refractivity contribution in [3.05, 3.63) is 85.1 Å². The van der Waals surface area contributed by atoms with Gasteiger partial charge in [0.1, 0.15) is 0 Å². The molecule has 1 aromatic heterocycles. The Morgan fingerprint density at radius 3 is 2.43 bits per heavy atom. The van der Waals surface area contributed by atoms with E-state index in [1.54, 1.807) is 24.0 Å². The van der Waals surface area contributed by atoms with Gasteiger partial charge in [-0.15, -0.1) is 11.3 Å². The van der Waals surface area contributed by atoms with E-state index in [9.17, 15) is 14.4 Å². The number of thiazole rings is 1. The van der Waals surface area contributed by atoms with E-state index in [0.29, 0.717) is 54.5 Å². The lowest BCUT2D eigenvalue weighted by molar-refractivity contribution is -0.149. The molecule has 2 amide bonds. The third-order valence-electron chi connectivity index (χ3n) is 6.29. The van der Waals surface area contributed by atoms with Gasteiger partial charge in [0, 0.05) is 34.7 Å². The third kappa shape index (κ3) is 6.50. The summed E-state index contributed by atoms with van der Waals surface area (Å²) in [5, 5.41) is 2.64. The molecule has 0 bridgehead atoms. The van der Waals surface area contributed by atoms with E-state index in [0.717, 1.165) is 11.3 Å². The molecule has 3 aromatic rings. The molecule has 10 heteroatoms. The number of esters is 1. The van der Waals surface area contributed by atoms with Crippen molar-refractivity contribution in [2.45, 2.75) is 33.2 Å². The number of aryl methyl sites for hydroxylation is 1. The molecule has 0 saturated carbocycles. The normalized spacial score (nSPS) is 14.6. The Kier molecular flexibility index (Phi) is 8.84. The lowest BCUT2D eigenvalue weighted by atomic mass is 9.96. The topological polar surface area (TPSA) is 81.0 Å². The van der Waals surface area contributed by atoms with Gasteiger partial charge in [0.15, 0.2) is 4.80 Å². The number of halogens is 2. The van der Waals surface area contributed by atoms with Gasteiger partial charge < -0.3 is 14.2 Å². The molecule has 7 nitrogen and oxygen atoms in total. The summed E-state index contributed by atoms with van der Waals surface area (Å²) in [5.41, 5.74) is 2.82. The number of aromatic nitrogens is 1. The largest absolute Gasteiger partial charge is 0.466 e. The number of amides is 2. The number of carbonyl (C=O) groups is 3. The van der Waals surface area contributed by atoms with Crippen LogP contribution in [-0.4, -0.2) is 46.9 Å². The van der Waals surface area contributed by atoms with Gasteiger partial charge in [0.05, 0.1) is 29.7 Å². The summed E-state index contributed by atoms with van der Waals surface area (Å²) < 4.78 is 7.06. The standard InChI is InChI=1S/C27H27Cl2N3O4S/c1-3-36-26(35)20-10-12-31(13-11-20)25(34)19-6-4-18(5-7-19)15-32-17(2)16-37-27(32)30-24(33)22-9-8-21(28)14-23(22)29/h4-9,14,16,20H,3,10-13,15H2,1-2H3. The maximum Gasteiger partial charge on any atom is 0.309 e. The highest BCUT2D eigenvalue weighted by Gasteiger charge is 2.28. The zero-order valence-electron chi connectivity index (χ0n) is 20.6. The Balaban J connectivity index is 1.44. The summed E-state index contributed by atoms with van der Waals surface area (Å²) >= 11 is 13.5. The molecule has 1 fully saturated rings. The van der Waals surface area contributed by atoms with Crippen LogP contribution in [0.25, 0.3) is 0 Å². The molecule has 4 rings (SSSR count). The number of ether oxygens (including phenoxy) is 1. The molecule has 37 heavy (non-hydrogen) atoms. The molecule has 0 radical (unpaired) electrons. The highest BCUT2D eigenvalue weighted by atomic mass is 35.5. The Morgan fingerprint density at radius 2 is 1.78 bits per heavy atom. The first-order valence-corrected chi connectivity index (χ1v) is 13.6. The monoisotopic (exact) mass is 559 g/mol.